The second kappa shape index (κ2) is 6.26. The first kappa shape index (κ1) is 16.8. The zero-order valence-electron chi connectivity index (χ0n) is 14.3. The molecule has 1 unspecified atom stereocenters. The van der Waals surface area contributed by atoms with E-state index in [1.807, 2.05) is 17.8 Å². The quantitative estimate of drug-likeness (QED) is 0.929. The molecule has 1 aliphatic carbocycles. The van der Waals surface area contributed by atoms with Gasteiger partial charge in [-0.1, -0.05) is 26.8 Å². The van der Waals surface area contributed by atoms with Crippen molar-refractivity contribution in [1.82, 2.24) is 9.78 Å². The van der Waals surface area contributed by atoms with E-state index in [0.717, 1.165) is 25.7 Å². The maximum absolute atomic E-state index is 10.4. The fourth-order valence-corrected chi connectivity index (χ4v) is 3.55. The highest BCUT2D eigenvalue weighted by atomic mass is 16.3. The average molecular weight is 301 g/mol. The van der Waals surface area contributed by atoms with Crippen molar-refractivity contribution in [2.24, 2.45) is 18.4 Å². The van der Waals surface area contributed by atoms with Crippen LogP contribution in [0.3, 0.4) is 0 Å². The van der Waals surface area contributed by atoms with Gasteiger partial charge in [0.15, 0.2) is 0 Å². The van der Waals surface area contributed by atoms with Gasteiger partial charge in [-0.25, -0.2) is 0 Å². The number of hydrogen-bond donors (Lipinski definition) is 1. The Morgan fingerprint density at radius 3 is 2.77 bits per heavy atom. The molecule has 0 radical (unpaired) electrons. The van der Waals surface area contributed by atoms with Crippen LogP contribution in [0.1, 0.15) is 50.6 Å². The maximum Gasteiger partial charge on any atom is 0.0971 e. The normalized spacial score (nSPS) is 24.0. The lowest BCUT2D eigenvalue weighted by Gasteiger charge is -2.41. The van der Waals surface area contributed by atoms with Gasteiger partial charge in [0, 0.05) is 12.7 Å². The Hall–Kier alpha value is -1.60. The van der Waals surface area contributed by atoms with Gasteiger partial charge in [0.25, 0.3) is 0 Å². The van der Waals surface area contributed by atoms with E-state index in [4.69, 9.17) is 5.26 Å². The van der Waals surface area contributed by atoms with Gasteiger partial charge in [-0.3, -0.25) is 4.68 Å². The van der Waals surface area contributed by atoms with Crippen LogP contribution < -0.4 is 0 Å². The number of nitrogens with zero attached hydrogens (tertiary/aromatic N) is 3. The Labute approximate surface area is 133 Å². The lowest BCUT2D eigenvalue weighted by Crippen LogP contribution is -2.40. The molecule has 22 heavy (non-hydrogen) atoms. The lowest BCUT2D eigenvalue weighted by atomic mass is 9.65. The largest absolute Gasteiger partial charge is 0.387 e. The number of allylic oxidation sites excluding steroid dienone is 1. The smallest absolute Gasteiger partial charge is 0.0971 e. The van der Waals surface area contributed by atoms with Crippen LogP contribution in [0.25, 0.3) is 0 Å². The van der Waals surface area contributed by atoms with E-state index in [-0.39, 0.29) is 5.41 Å². The van der Waals surface area contributed by atoms with Crippen LogP contribution in [0.2, 0.25) is 0 Å². The van der Waals surface area contributed by atoms with Gasteiger partial charge in [-0.2, -0.15) is 10.4 Å². The minimum atomic E-state index is -0.656. The zero-order valence-corrected chi connectivity index (χ0v) is 14.3. The highest BCUT2D eigenvalue weighted by Gasteiger charge is 2.40. The van der Waals surface area contributed by atoms with Crippen LogP contribution in [0, 0.1) is 29.6 Å². The van der Waals surface area contributed by atoms with E-state index in [2.05, 4.69) is 38.9 Å². The fraction of sp³-hybridized carbons (Fsp3) is 0.667. The summed E-state index contributed by atoms with van der Waals surface area (Å²) in [4.78, 5) is 0. The number of rotatable bonds is 4. The Kier molecular flexibility index (Phi) is 4.77. The SMILES string of the molecule is CCc1nn(C)c(C)c1CC[C@@H]1CC=C(C#N)C(O)C1(C)C. The number of hydrogen-bond acceptors (Lipinski definition) is 3. The lowest BCUT2D eigenvalue weighted by molar-refractivity contribution is 0.0229. The molecule has 0 fully saturated rings. The topological polar surface area (TPSA) is 61.8 Å². The first-order valence-corrected chi connectivity index (χ1v) is 8.12. The third kappa shape index (κ3) is 2.83. The second-order valence-corrected chi connectivity index (χ2v) is 6.95. The number of aliphatic hydroxyl groups excluding tert-OH is 1. The van der Waals surface area contributed by atoms with Crippen LogP contribution in [0.15, 0.2) is 11.6 Å². The molecular formula is C18H27N3O. The van der Waals surface area contributed by atoms with Crippen LogP contribution >= 0.6 is 0 Å². The Morgan fingerprint density at radius 2 is 2.18 bits per heavy atom. The maximum atomic E-state index is 10.4. The molecule has 0 aliphatic heterocycles. The third-order valence-corrected chi connectivity index (χ3v) is 5.42. The molecule has 2 atom stereocenters. The van der Waals surface area contributed by atoms with Crippen molar-refractivity contribution < 1.29 is 5.11 Å². The van der Waals surface area contributed by atoms with Crippen LogP contribution in [-0.2, 0) is 19.9 Å². The van der Waals surface area contributed by atoms with E-state index < -0.39 is 6.10 Å². The fourth-order valence-electron chi connectivity index (χ4n) is 3.55. The molecule has 0 saturated carbocycles. The molecular weight excluding hydrogens is 274 g/mol. The van der Waals surface area contributed by atoms with Gasteiger partial charge >= 0.3 is 0 Å². The van der Waals surface area contributed by atoms with E-state index in [1.165, 1.54) is 17.0 Å². The molecule has 4 nitrogen and oxygen atoms in total. The molecule has 1 aliphatic rings. The second-order valence-electron chi connectivity index (χ2n) is 6.95. The molecule has 0 bridgehead atoms. The van der Waals surface area contributed by atoms with Gasteiger partial charge in [0.1, 0.15) is 0 Å². The molecule has 120 valence electrons. The predicted octanol–water partition coefficient (Wildman–Crippen LogP) is 3.08. The number of aliphatic hydroxyl groups is 1. The summed E-state index contributed by atoms with van der Waals surface area (Å²) < 4.78 is 1.96. The van der Waals surface area contributed by atoms with Gasteiger partial charge in [0.05, 0.1) is 23.4 Å². The molecule has 1 N–H and O–H groups in total. The minimum absolute atomic E-state index is 0.262. The van der Waals surface area contributed by atoms with E-state index >= 15 is 0 Å². The van der Waals surface area contributed by atoms with Crippen molar-refractivity contribution >= 4 is 0 Å². The van der Waals surface area contributed by atoms with Crippen molar-refractivity contribution in [3.05, 3.63) is 28.6 Å². The number of nitriles is 1. The van der Waals surface area contributed by atoms with Gasteiger partial charge in [0.2, 0.25) is 0 Å². The average Bonchev–Trinajstić information content (AvgIpc) is 2.76. The number of aromatic nitrogens is 2. The highest BCUT2D eigenvalue weighted by molar-refractivity contribution is 5.31. The molecule has 2 rings (SSSR count). The van der Waals surface area contributed by atoms with E-state index in [0.29, 0.717) is 11.5 Å². The van der Waals surface area contributed by atoms with Gasteiger partial charge < -0.3 is 5.11 Å². The summed E-state index contributed by atoms with van der Waals surface area (Å²) in [5.74, 6) is 0.379. The molecule has 0 aromatic carbocycles. The summed E-state index contributed by atoms with van der Waals surface area (Å²) in [6.45, 7) is 8.41. The van der Waals surface area contributed by atoms with Crippen molar-refractivity contribution in [1.29, 1.82) is 5.26 Å². The zero-order chi connectivity index (χ0) is 16.5. The van der Waals surface area contributed by atoms with E-state index in [9.17, 15) is 5.11 Å². The molecule has 1 heterocycles. The summed E-state index contributed by atoms with van der Waals surface area (Å²) in [7, 11) is 1.99. The molecule has 0 saturated heterocycles. The van der Waals surface area contributed by atoms with Crippen LogP contribution in [0.4, 0.5) is 0 Å². The predicted molar refractivity (Wildman–Crippen MR) is 87.2 cm³/mol. The number of aryl methyl sites for hydroxylation is 2. The van der Waals surface area contributed by atoms with Crippen molar-refractivity contribution in [3.8, 4) is 6.07 Å². The van der Waals surface area contributed by atoms with Gasteiger partial charge in [-0.15, -0.1) is 0 Å². The van der Waals surface area contributed by atoms with Crippen LogP contribution in [0.5, 0.6) is 0 Å². The Balaban J connectivity index is 2.16. The summed E-state index contributed by atoms with van der Waals surface area (Å²) >= 11 is 0. The summed E-state index contributed by atoms with van der Waals surface area (Å²) in [6, 6.07) is 2.13. The first-order valence-electron chi connectivity index (χ1n) is 8.12. The van der Waals surface area contributed by atoms with Crippen molar-refractivity contribution in [2.75, 3.05) is 0 Å². The third-order valence-electron chi connectivity index (χ3n) is 5.42. The Morgan fingerprint density at radius 1 is 1.50 bits per heavy atom. The summed E-state index contributed by atoms with van der Waals surface area (Å²) in [5, 5.41) is 24.1. The van der Waals surface area contributed by atoms with Gasteiger partial charge in [-0.05, 0) is 49.5 Å². The standard InChI is InChI=1S/C18H27N3O/c1-6-16-15(12(2)21(5)20-16)10-9-14-8-7-13(11-19)17(22)18(14,3)4/h7,14,17,22H,6,8-10H2,1-5H3/t14-,17?/m0/s1. The molecule has 1 aromatic rings. The summed E-state index contributed by atoms with van der Waals surface area (Å²) in [6.07, 6.45) is 5.08. The highest BCUT2D eigenvalue weighted by Crippen LogP contribution is 2.43. The molecule has 0 amide bonds. The van der Waals surface area contributed by atoms with Crippen LogP contribution in [-0.4, -0.2) is 21.0 Å². The molecule has 4 heteroatoms. The Bertz CT molecular complexity index is 619. The molecule has 0 spiro atoms. The van der Waals surface area contributed by atoms with Crippen molar-refractivity contribution in [3.63, 3.8) is 0 Å². The monoisotopic (exact) mass is 301 g/mol. The minimum Gasteiger partial charge on any atom is -0.387 e. The van der Waals surface area contributed by atoms with Crippen molar-refractivity contribution in [2.45, 2.75) is 59.5 Å². The first-order chi connectivity index (χ1) is 10.3. The molecule has 1 aromatic heterocycles. The summed E-state index contributed by atoms with van der Waals surface area (Å²) in [5.41, 5.74) is 4.03. The van der Waals surface area contributed by atoms with E-state index in [1.54, 1.807) is 0 Å².